The molecule has 0 saturated heterocycles. The molecule has 1 aromatic heterocycles. The smallest absolute Gasteiger partial charge is 0.135 e. The first-order valence-electron chi connectivity index (χ1n) is 5.71. The van der Waals surface area contributed by atoms with Crippen molar-refractivity contribution in [1.82, 2.24) is 0 Å². The average molecular weight is 424 g/mol. The van der Waals surface area contributed by atoms with Gasteiger partial charge in [-0.05, 0) is 56.1 Å². The summed E-state index contributed by atoms with van der Waals surface area (Å²) in [4.78, 5) is 1.16. The van der Waals surface area contributed by atoms with Crippen molar-refractivity contribution >= 4 is 54.8 Å². The highest BCUT2D eigenvalue weighted by atomic mass is 79.9. The third kappa shape index (κ3) is 2.72. The predicted molar refractivity (Wildman–Crippen MR) is 86.1 cm³/mol. The summed E-state index contributed by atoms with van der Waals surface area (Å²) < 4.78 is 8.16. The Hall–Kier alpha value is -0.0700. The monoisotopic (exact) mass is 421 g/mol. The van der Waals surface area contributed by atoms with Crippen LogP contribution in [0.25, 0.3) is 0 Å². The van der Waals surface area contributed by atoms with Crippen LogP contribution < -0.4 is 10.5 Å². The van der Waals surface area contributed by atoms with Crippen LogP contribution >= 0.6 is 54.8 Å². The van der Waals surface area contributed by atoms with E-state index in [0.717, 1.165) is 30.9 Å². The molecule has 0 bridgehead atoms. The molecule has 0 amide bonds. The molecule has 0 saturated carbocycles. The second-order valence-electron chi connectivity index (χ2n) is 4.40. The lowest BCUT2D eigenvalue weighted by Gasteiger charge is -2.29. The minimum absolute atomic E-state index is 0.00345. The van der Waals surface area contributed by atoms with Crippen molar-refractivity contribution < 1.29 is 4.74 Å². The van der Waals surface area contributed by atoms with Crippen LogP contribution in [0.1, 0.15) is 29.0 Å². The maximum absolute atomic E-state index is 6.23. The van der Waals surface area contributed by atoms with Gasteiger partial charge < -0.3 is 10.5 Å². The Morgan fingerprint density at radius 3 is 2.79 bits per heavy atom. The van der Waals surface area contributed by atoms with Gasteiger partial charge in [0.15, 0.2) is 0 Å². The van der Waals surface area contributed by atoms with Crippen LogP contribution in [0.4, 0.5) is 0 Å². The number of ether oxygens (including phenoxy) is 1. The number of hydrogen-bond acceptors (Lipinski definition) is 3. The molecule has 1 aromatic carbocycles. The van der Waals surface area contributed by atoms with Crippen LogP contribution in [0.3, 0.4) is 0 Å². The first kappa shape index (κ1) is 13.9. The molecule has 0 aliphatic carbocycles. The number of fused-ring (bicyclic) bond motifs is 1. The van der Waals surface area contributed by atoms with Crippen molar-refractivity contribution in [3.05, 3.63) is 48.0 Å². The highest BCUT2D eigenvalue weighted by molar-refractivity contribution is 9.13. The molecule has 6 heteroatoms. The van der Waals surface area contributed by atoms with E-state index in [2.05, 4.69) is 37.9 Å². The highest BCUT2D eigenvalue weighted by Gasteiger charge is 2.28. The van der Waals surface area contributed by atoms with Gasteiger partial charge in [-0.3, -0.25) is 0 Å². The standard InChI is InChI=1S/C13H10Br2ClNOS/c14-8-4-12(19-13(8)15)11-5-9(17)7-3-6(16)1-2-10(7)18-11/h1-4,9,11H,5,17H2/t9-,11?/m1/s1. The maximum atomic E-state index is 6.23. The molecule has 1 unspecified atom stereocenters. The van der Waals surface area contributed by atoms with E-state index in [9.17, 15) is 0 Å². The zero-order valence-corrected chi connectivity index (χ0v) is 14.4. The lowest BCUT2D eigenvalue weighted by atomic mass is 9.97. The van der Waals surface area contributed by atoms with Crippen LogP contribution in [-0.2, 0) is 0 Å². The maximum Gasteiger partial charge on any atom is 0.135 e. The summed E-state index contributed by atoms with van der Waals surface area (Å²) in [7, 11) is 0. The Labute approximate surface area is 137 Å². The minimum atomic E-state index is -0.0490. The zero-order valence-electron chi connectivity index (χ0n) is 9.70. The third-order valence-electron chi connectivity index (χ3n) is 3.09. The zero-order chi connectivity index (χ0) is 13.6. The van der Waals surface area contributed by atoms with E-state index in [1.165, 1.54) is 0 Å². The summed E-state index contributed by atoms with van der Waals surface area (Å²) in [6.45, 7) is 0. The summed E-state index contributed by atoms with van der Waals surface area (Å²) in [5.41, 5.74) is 7.22. The number of halogens is 3. The van der Waals surface area contributed by atoms with Gasteiger partial charge in [0.25, 0.3) is 0 Å². The SMILES string of the molecule is N[C@@H]1CC(c2cc(Br)c(Br)s2)Oc2ccc(Cl)cc21. The van der Waals surface area contributed by atoms with Gasteiger partial charge in [-0.2, -0.15) is 0 Å². The summed E-state index contributed by atoms with van der Waals surface area (Å²) >= 11 is 14.7. The Morgan fingerprint density at radius 1 is 1.32 bits per heavy atom. The molecule has 2 atom stereocenters. The van der Waals surface area contributed by atoms with Crippen LogP contribution in [0.15, 0.2) is 32.5 Å². The first-order valence-corrected chi connectivity index (χ1v) is 8.49. The predicted octanol–water partition coefficient (Wildman–Crippen LogP) is 5.45. The number of thiophene rings is 1. The topological polar surface area (TPSA) is 35.2 Å². The molecule has 3 rings (SSSR count). The van der Waals surface area contributed by atoms with Crippen molar-refractivity contribution in [2.45, 2.75) is 18.6 Å². The molecule has 2 heterocycles. The quantitative estimate of drug-likeness (QED) is 0.662. The van der Waals surface area contributed by atoms with Crippen LogP contribution in [0.5, 0.6) is 5.75 Å². The summed E-state index contributed by atoms with van der Waals surface area (Å²) in [6.07, 6.45) is 0.753. The molecule has 1 aliphatic heterocycles. The molecule has 100 valence electrons. The highest BCUT2D eigenvalue weighted by Crippen LogP contribution is 2.44. The Bertz CT molecular complexity index is 612. The second-order valence-corrected chi connectivity index (χ2v) is 8.09. The molecule has 2 nitrogen and oxygen atoms in total. The lowest BCUT2D eigenvalue weighted by molar-refractivity contribution is 0.165. The first-order chi connectivity index (χ1) is 9.04. The molecule has 0 fully saturated rings. The van der Waals surface area contributed by atoms with Gasteiger partial charge in [0.05, 0.1) is 3.79 Å². The van der Waals surface area contributed by atoms with E-state index in [1.807, 2.05) is 18.2 Å². The molecule has 0 radical (unpaired) electrons. The number of hydrogen-bond donors (Lipinski definition) is 1. The molecule has 1 aliphatic rings. The Kier molecular flexibility index (Phi) is 3.93. The van der Waals surface area contributed by atoms with Crippen LogP contribution in [0, 0.1) is 0 Å². The van der Waals surface area contributed by atoms with Gasteiger partial charge in [0.2, 0.25) is 0 Å². The molecule has 2 aromatic rings. The van der Waals surface area contributed by atoms with Gasteiger partial charge in [0, 0.05) is 32.4 Å². The van der Waals surface area contributed by atoms with Crippen LogP contribution in [-0.4, -0.2) is 0 Å². The summed E-state index contributed by atoms with van der Waals surface area (Å²) in [6, 6.07) is 7.63. The number of rotatable bonds is 1. The van der Waals surface area contributed by atoms with E-state index in [4.69, 9.17) is 22.1 Å². The van der Waals surface area contributed by atoms with Crippen molar-refractivity contribution in [1.29, 1.82) is 0 Å². The molecule has 0 spiro atoms. The largest absolute Gasteiger partial charge is 0.484 e. The lowest BCUT2D eigenvalue weighted by Crippen LogP contribution is -2.23. The number of nitrogens with two attached hydrogens (primary N) is 1. The van der Waals surface area contributed by atoms with Gasteiger partial charge in [-0.1, -0.05) is 11.6 Å². The van der Waals surface area contributed by atoms with E-state index < -0.39 is 0 Å². The van der Waals surface area contributed by atoms with Gasteiger partial charge in [-0.25, -0.2) is 0 Å². The second kappa shape index (κ2) is 5.37. The van der Waals surface area contributed by atoms with Crippen molar-refractivity contribution in [3.63, 3.8) is 0 Å². The summed E-state index contributed by atoms with van der Waals surface area (Å²) in [5, 5.41) is 0.692. The molecular formula is C13H10Br2ClNOS. The van der Waals surface area contributed by atoms with Crippen LogP contribution in [0.2, 0.25) is 5.02 Å². The Balaban J connectivity index is 1.94. The molecule has 19 heavy (non-hydrogen) atoms. The van der Waals surface area contributed by atoms with Gasteiger partial charge in [-0.15, -0.1) is 11.3 Å². The number of benzene rings is 1. The Morgan fingerprint density at radius 2 is 2.11 bits per heavy atom. The van der Waals surface area contributed by atoms with Gasteiger partial charge >= 0.3 is 0 Å². The van der Waals surface area contributed by atoms with E-state index in [1.54, 1.807) is 11.3 Å². The van der Waals surface area contributed by atoms with E-state index in [0.29, 0.717) is 5.02 Å². The fraction of sp³-hybridized carbons (Fsp3) is 0.231. The van der Waals surface area contributed by atoms with Gasteiger partial charge in [0.1, 0.15) is 11.9 Å². The van der Waals surface area contributed by atoms with E-state index in [-0.39, 0.29) is 12.1 Å². The van der Waals surface area contributed by atoms with Crippen molar-refractivity contribution in [2.75, 3.05) is 0 Å². The molecular weight excluding hydrogens is 413 g/mol. The third-order valence-corrected chi connectivity index (χ3v) is 6.67. The van der Waals surface area contributed by atoms with Crippen molar-refractivity contribution in [2.24, 2.45) is 5.73 Å². The average Bonchev–Trinajstić information content (AvgIpc) is 2.70. The normalized spacial score (nSPS) is 21.9. The fourth-order valence-corrected chi connectivity index (χ4v) is 4.48. The summed E-state index contributed by atoms with van der Waals surface area (Å²) in [5.74, 6) is 0.828. The molecule has 2 N–H and O–H groups in total. The minimum Gasteiger partial charge on any atom is -0.484 e. The fourth-order valence-electron chi connectivity index (χ4n) is 2.17. The van der Waals surface area contributed by atoms with Crippen molar-refractivity contribution in [3.8, 4) is 5.75 Å². The van der Waals surface area contributed by atoms with E-state index >= 15 is 0 Å².